The number of hydrogen-bond acceptors (Lipinski definition) is 2. The van der Waals surface area contributed by atoms with Gasteiger partial charge in [0.2, 0.25) is 0 Å². The van der Waals surface area contributed by atoms with Crippen molar-refractivity contribution in [2.45, 2.75) is 46.7 Å². The van der Waals surface area contributed by atoms with Gasteiger partial charge in [0, 0.05) is 24.3 Å². The summed E-state index contributed by atoms with van der Waals surface area (Å²) in [6.45, 7) is 9.84. The van der Waals surface area contributed by atoms with E-state index in [2.05, 4.69) is 44.3 Å². The minimum absolute atomic E-state index is 0.335. The van der Waals surface area contributed by atoms with Crippen LogP contribution in [-0.4, -0.2) is 16.8 Å². The molecule has 1 rings (SSSR count). The topological polar surface area (TPSA) is 29.9 Å². The summed E-state index contributed by atoms with van der Waals surface area (Å²) in [5.41, 5.74) is 1.62. The number of hydrogen-bond donors (Lipinski definition) is 1. The molecule has 15 heavy (non-hydrogen) atoms. The molecule has 1 aromatic heterocycles. The SMILES string of the molecule is CCn1cc(C(CC(C)(C)C)NC)cn1. The van der Waals surface area contributed by atoms with E-state index in [0.29, 0.717) is 11.5 Å². The van der Waals surface area contributed by atoms with Crippen LogP contribution in [0.25, 0.3) is 0 Å². The molecule has 0 saturated carbocycles. The maximum absolute atomic E-state index is 4.31. The molecule has 3 nitrogen and oxygen atoms in total. The van der Waals surface area contributed by atoms with Gasteiger partial charge in [0.05, 0.1) is 6.20 Å². The van der Waals surface area contributed by atoms with Gasteiger partial charge in [0.1, 0.15) is 0 Å². The van der Waals surface area contributed by atoms with Gasteiger partial charge in [0.15, 0.2) is 0 Å². The van der Waals surface area contributed by atoms with Crippen molar-refractivity contribution in [3.8, 4) is 0 Å². The normalized spacial score (nSPS) is 14.2. The first kappa shape index (κ1) is 12.2. The summed E-state index contributed by atoms with van der Waals surface area (Å²) < 4.78 is 1.97. The van der Waals surface area contributed by atoms with Crippen LogP contribution in [-0.2, 0) is 6.54 Å². The van der Waals surface area contributed by atoms with Crippen LogP contribution < -0.4 is 5.32 Å². The molecule has 0 spiro atoms. The van der Waals surface area contributed by atoms with Crippen LogP contribution in [0.3, 0.4) is 0 Å². The van der Waals surface area contributed by atoms with Gasteiger partial charge in [0.25, 0.3) is 0 Å². The van der Waals surface area contributed by atoms with E-state index < -0.39 is 0 Å². The van der Waals surface area contributed by atoms with Crippen LogP contribution in [0.4, 0.5) is 0 Å². The fourth-order valence-electron chi connectivity index (χ4n) is 1.73. The molecule has 0 fully saturated rings. The summed E-state index contributed by atoms with van der Waals surface area (Å²) in [6.07, 6.45) is 5.22. The quantitative estimate of drug-likeness (QED) is 0.826. The molecule has 1 atom stereocenters. The van der Waals surface area contributed by atoms with Gasteiger partial charge in [-0.05, 0) is 25.8 Å². The van der Waals surface area contributed by atoms with E-state index in [1.807, 2.05) is 17.9 Å². The summed E-state index contributed by atoms with van der Waals surface area (Å²) in [7, 11) is 2.01. The van der Waals surface area contributed by atoms with Crippen LogP contribution in [0, 0.1) is 5.41 Å². The van der Waals surface area contributed by atoms with Crippen molar-refractivity contribution in [1.82, 2.24) is 15.1 Å². The second-order valence-corrected chi connectivity index (χ2v) is 5.24. The molecular weight excluding hydrogens is 186 g/mol. The van der Waals surface area contributed by atoms with Crippen LogP contribution in [0.15, 0.2) is 12.4 Å². The van der Waals surface area contributed by atoms with Gasteiger partial charge < -0.3 is 5.32 Å². The smallest absolute Gasteiger partial charge is 0.0537 e. The highest BCUT2D eigenvalue weighted by Crippen LogP contribution is 2.28. The van der Waals surface area contributed by atoms with Crippen molar-refractivity contribution in [3.05, 3.63) is 18.0 Å². The molecule has 0 radical (unpaired) electrons. The van der Waals surface area contributed by atoms with Gasteiger partial charge in [-0.1, -0.05) is 20.8 Å². The second-order valence-electron chi connectivity index (χ2n) is 5.24. The van der Waals surface area contributed by atoms with E-state index in [4.69, 9.17) is 0 Å². The third-order valence-corrected chi connectivity index (χ3v) is 2.54. The van der Waals surface area contributed by atoms with Crippen LogP contribution in [0.5, 0.6) is 0 Å². The Kier molecular flexibility index (Phi) is 3.91. The van der Waals surface area contributed by atoms with Gasteiger partial charge in [-0.3, -0.25) is 4.68 Å². The zero-order valence-electron chi connectivity index (χ0n) is 10.5. The Morgan fingerprint density at radius 2 is 2.13 bits per heavy atom. The zero-order valence-corrected chi connectivity index (χ0v) is 10.5. The van der Waals surface area contributed by atoms with Crippen molar-refractivity contribution in [2.24, 2.45) is 5.41 Å². The number of rotatable bonds is 4. The maximum Gasteiger partial charge on any atom is 0.0537 e. The lowest BCUT2D eigenvalue weighted by Crippen LogP contribution is -2.22. The van der Waals surface area contributed by atoms with E-state index in [-0.39, 0.29) is 0 Å². The Labute approximate surface area is 92.9 Å². The van der Waals surface area contributed by atoms with E-state index >= 15 is 0 Å². The highest BCUT2D eigenvalue weighted by atomic mass is 15.3. The van der Waals surface area contributed by atoms with Gasteiger partial charge >= 0.3 is 0 Å². The average Bonchev–Trinajstić information content (AvgIpc) is 2.60. The lowest BCUT2D eigenvalue weighted by atomic mass is 9.86. The van der Waals surface area contributed by atoms with Crippen LogP contribution in [0.1, 0.15) is 45.7 Å². The Bertz CT molecular complexity index is 296. The second kappa shape index (κ2) is 4.79. The monoisotopic (exact) mass is 209 g/mol. The molecule has 0 amide bonds. The summed E-state index contributed by atoms with van der Waals surface area (Å²) in [5.74, 6) is 0. The molecule has 1 heterocycles. The molecule has 86 valence electrons. The van der Waals surface area contributed by atoms with Gasteiger partial charge in [-0.25, -0.2) is 0 Å². The van der Waals surface area contributed by atoms with E-state index in [1.54, 1.807) is 0 Å². The van der Waals surface area contributed by atoms with Crippen molar-refractivity contribution in [1.29, 1.82) is 0 Å². The van der Waals surface area contributed by atoms with E-state index in [1.165, 1.54) is 5.56 Å². The Morgan fingerprint density at radius 3 is 2.53 bits per heavy atom. The molecule has 0 saturated heterocycles. The maximum atomic E-state index is 4.31. The fraction of sp³-hybridized carbons (Fsp3) is 0.750. The van der Waals surface area contributed by atoms with Gasteiger partial charge in [-0.15, -0.1) is 0 Å². The summed E-state index contributed by atoms with van der Waals surface area (Å²) in [5, 5.41) is 7.67. The van der Waals surface area contributed by atoms with E-state index in [0.717, 1.165) is 13.0 Å². The van der Waals surface area contributed by atoms with Crippen molar-refractivity contribution >= 4 is 0 Å². The molecule has 1 aromatic rings. The third-order valence-electron chi connectivity index (χ3n) is 2.54. The first-order valence-corrected chi connectivity index (χ1v) is 5.66. The number of nitrogens with one attached hydrogen (secondary N) is 1. The van der Waals surface area contributed by atoms with Crippen molar-refractivity contribution < 1.29 is 0 Å². The molecule has 3 heteroatoms. The summed E-state index contributed by atoms with van der Waals surface area (Å²) >= 11 is 0. The molecule has 0 bridgehead atoms. The third kappa shape index (κ3) is 3.67. The Hall–Kier alpha value is -0.830. The lowest BCUT2D eigenvalue weighted by Gasteiger charge is -2.24. The first-order chi connectivity index (χ1) is 6.96. The molecule has 0 aliphatic heterocycles. The fourth-order valence-corrected chi connectivity index (χ4v) is 1.73. The van der Waals surface area contributed by atoms with Crippen molar-refractivity contribution in [3.63, 3.8) is 0 Å². The molecule has 0 aromatic carbocycles. The molecule has 0 aliphatic carbocycles. The number of nitrogens with zero attached hydrogens (tertiary/aromatic N) is 2. The molecule has 0 aliphatic rings. The van der Waals surface area contributed by atoms with Crippen LogP contribution in [0.2, 0.25) is 0 Å². The average molecular weight is 209 g/mol. The highest BCUT2D eigenvalue weighted by Gasteiger charge is 2.19. The molecule has 1 N–H and O–H groups in total. The Balaban J connectivity index is 2.74. The summed E-state index contributed by atoms with van der Waals surface area (Å²) in [4.78, 5) is 0. The minimum atomic E-state index is 0.335. The van der Waals surface area contributed by atoms with E-state index in [9.17, 15) is 0 Å². The number of aromatic nitrogens is 2. The highest BCUT2D eigenvalue weighted by molar-refractivity contribution is 5.10. The number of aryl methyl sites for hydroxylation is 1. The summed E-state index contributed by atoms with van der Waals surface area (Å²) in [6, 6.07) is 0.408. The largest absolute Gasteiger partial charge is 0.313 e. The van der Waals surface area contributed by atoms with Gasteiger partial charge in [-0.2, -0.15) is 5.10 Å². The van der Waals surface area contributed by atoms with Crippen LogP contribution >= 0.6 is 0 Å². The predicted molar refractivity (Wildman–Crippen MR) is 63.8 cm³/mol. The molecular formula is C12H23N3. The molecule has 1 unspecified atom stereocenters. The first-order valence-electron chi connectivity index (χ1n) is 5.66. The Morgan fingerprint density at radius 1 is 1.47 bits per heavy atom. The lowest BCUT2D eigenvalue weighted by molar-refractivity contribution is 0.320. The van der Waals surface area contributed by atoms with Crippen molar-refractivity contribution in [2.75, 3.05) is 7.05 Å². The predicted octanol–water partition coefficient (Wildman–Crippen LogP) is 2.60. The standard InChI is InChI=1S/C12H23N3/c1-6-15-9-10(8-14-15)11(13-5)7-12(2,3)4/h8-9,11,13H,6-7H2,1-5H3. The minimum Gasteiger partial charge on any atom is -0.313 e. The zero-order chi connectivity index (χ0) is 11.5.